The molecule has 0 saturated carbocycles. The maximum atomic E-state index is 12.7. The molecule has 1 saturated heterocycles. The first-order chi connectivity index (χ1) is 12.0. The molecule has 5 nitrogen and oxygen atoms in total. The Morgan fingerprint density at radius 2 is 1.80 bits per heavy atom. The molecule has 0 atom stereocenters. The molecule has 124 valence electrons. The third-order valence-corrected chi connectivity index (χ3v) is 4.82. The van der Waals surface area contributed by atoms with Gasteiger partial charge in [0.1, 0.15) is 6.29 Å². The number of aldehydes is 1. The number of anilines is 1. The van der Waals surface area contributed by atoms with Gasteiger partial charge >= 0.3 is 5.97 Å². The number of aromatic carboxylic acids is 1. The molecule has 1 N–H and O–H groups in total. The monoisotopic (exact) mass is 369 g/mol. The van der Waals surface area contributed by atoms with E-state index in [1.807, 2.05) is 0 Å². The zero-order chi connectivity index (χ0) is 18.0. The highest BCUT2D eigenvalue weighted by molar-refractivity contribution is 8.27. The van der Waals surface area contributed by atoms with Gasteiger partial charge in [0.15, 0.2) is 4.32 Å². The van der Waals surface area contributed by atoms with E-state index in [1.165, 1.54) is 17.0 Å². The maximum Gasteiger partial charge on any atom is 0.335 e. The summed E-state index contributed by atoms with van der Waals surface area (Å²) in [6.07, 6.45) is 2.44. The van der Waals surface area contributed by atoms with Crippen LogP contribution in [0.3, 0.4) is 0 Å². The molecule has 25 heavy (non-hydrogen) atoms. The molecule has 0 bridgehead atoms. The Hall–Kier alpha value is -2.77. The van der Waals surface area contributed by atoms with E-state index in [9.17, 15) is 14.4 Å². The van der Waals surface area contributed by atoms with Crippen molar-refractivity contribution in [2.75, 3.05) is 4.90 Å². The fourth-order valence-corrected chi connectivity index (χ4v) is 3.59. The lowest BCUT2D eigenvalue weighted by Gasteiger charge is -2.14. The van der Waals surface area contributed by atoms with Crippen molar-refractivity contribution >= 4 is 58.2 Å². The highest BCUT2D eigenvalue weighted by Gasteiger charge is 2.33. The highest BCUT2D eigenvalue weighted by Crippen LogP contribution is 2.36. The molecule has 1 aliphatic rings. The van der Waals surface area contributed by atoms with E-state index < -0.39 is 5.97 Å². The summed E-state index contributed by atoms with van der Waals surface area (Å²) in [5.74, 6) is -1.38. The molecule has 1 heterocycles. The Morgan fingerprint density at radius 1 is 1.12 bits per heavy atom. The van der Waals surface area contributed by atoms with Gasteiger partial charge in [-0.1, -0.05) is 54.3 Å². The van der Waals surface area contributed by atoms with Gasteiger partial charge in [-0.25, -0.2) is 4.79 Å². The molecule has 0 aliphatic carbocycles. The Bertz CT molecular complexity index is 919. The largest absolute Gasteiger partial charge is 0.478 e. The zero-order valence-electron chi connectivity index (χ0n) is 12.7. The van der Waals surface area contributed by atoms with Crippen molar-refractivity contribution in [3.05, 3.63) is 70.1 Å². The van der Waals surface area contributed by atoms with Gasteiger partial charge in [-0.15, -0.1) is 0 Å². The number of hydrogen-bond acceptors (Lipinski definition) is 5. The van der Waals surface area contributed by atoms with E-state index in [0.29, 0.717) is 20.5 Å². The lowest BCUT2D eigenvalue weighted by molar-refractivity contribution is -0.113. The number of rotatable bonds is 4. The number of carbonyl (C=O) groups excluding carboxylic acids is 2. The number of nitrogens with zero attached hydrogens (tertiary/aromatic N) is 1. The quantitative estimate of drug-likeness (QED) is 0.504. The van der Waals surface area contributed by atoms with E-state index in [2.05, 4.69) is 0 Å². The summed E-state index contributed by atoms with van der Waals surface area (Å²) in [5, 5.41) is 9.10. The van der Waals surface area contributed by atoms with Crippen LogP contribution in [0.4, 0.5) is 5.69 Å². The van der Waals surface area contributed by atoms with Crippen molar-refractivity contribution < 1.29 is 19.5 Å². The second kappa shape index (κ2) is 7.00. The average molecular weight is 369 g/mol. The molecule has 2 aromatic carbocycles. The standard InChI is InChI=1S/C18H11NO4S2/c20-10-12-6-4-11(5-7-12)8-15-16(21)19(18(24)25-15)14-3-1-2-13(9-14)17(22)23/h1-10H,(H,22,23)/b15-8+. The first-order valence-electron chi connectivity index (χ1n) is 7.16. The number of benzene rings is 2. The molecule has 0 spiro atoms. The molecular formula is C18H11NO4S2. The molecule has 2 aromatic rings. The topological polar surface area (TPSA) is 74.7 Å². The van der Waals surface area contributed by atoms with Crippen LogP contribution >= 0.6 is 24.0 Å². The van der Waals surface area contributed by atoms with E-state index >= 15 is 0 Å². The van der Waals surface area contributed by atoms with Gasteiger partial charge < -0.3 is 5.11 Å². The van der Waals surface area contributed by atoms with Crippen LogP contribution in [0.25, 0.3) is 6.08 Å². The van der Waals surface area contributed by atoms with E-state index in [1.54, 1.807) is 42.5 Å². The summed E-state index contributed by atoms with van der Waals surface area (Å²) in [4.78, 5) is 36.2. The van der Waals surface area contributed by atoms with Gasteiger partial charge in [0.2, 0.25) is 0 Å². The third-order valence-electron chi connectivity index (χ3n) is 3.52. The van der Waals surface area contributed by atoms with Crippen molar-refractivity contribution in [2.45, 2.75) is 0 Å². The highest BCUT2D eigenvalue weighted by atomic mass is 32.2. The van der Waals surface area contributed by atoms with Crippen LogP contribution in [-0.2, 0) is 4.79 Å². The normalized spacial score (nSPS) is 15.7. The van der Waals surface area contributed by atoms with E-state index in [4.69, 9.17) is 17.3 Å². The van der Waals surface area contributed by atoms with Gasteiger partial charge in [0.05, 0.1) is 16.2 Å². The number of carbonyl (C=O) groups is 3. The molecule has 0 radical (unpaired) electrons. The van der Waals surface area contributed by atoms with Gasteiger partial charge in [-0.2, -0.15) is 0 Å². The minimum atomic E-state index is -1.07. The molecular weight excluding hydrogens is 358 g/mol. The summed E-state index contributed by atoms with van der Waals surface area (Å²) >= 11 is 6.42. The summed E-state index contributed by atoms with van der Waals surface area (Å²) < 4.78 is 0.336. The first kappa shape index (κ1) is 17.1. The lowest BCUT2D eigenvalue weighted by Crippen LogP contribution is -2.27. The molecule has 0 aromatic heterocycles. The molecule has 3 rings (SSSR count). The minimum Gasteiger partial charge on any atom is -0.478 e. The van der Waals surface area contributed by atoms with Crippen molar-refractivity contribution in [3.63, 3.8) is 0 Å². The first-order valence-corrected chi connectivity index (χ1v) is 8.38. The molecule has 1 fully saturated rings. The van der Waals surface area contributed by atoms with Gasteiger partial charge in [-0.3, -0.25) is 14.5 Å². The smallest absolute Gasteiger partial charge is 0.335 e. The summed E-state index contributed by atoms with van der Waals surface area (Å²) in [6, 6.07) is 12.9. The Morgan fingerprint density at radius 3 is 2.44 bits per heavy atom. The number of thiocarbonyl (C=S) groups is 1. The van der Waals surface area contributed by atoms with Crippen LogP contribution in [-0.4, -0.2) is 27.6 Å². The lowest BCUT2D eigenvalue weighted by atomic mass is 10.1. The van der Waals surface area contributed by atoms with E-state index in [0.717, 1.165) is 23.6 Å². The Labute approximate surface area is 153 Å². The fourth-order valence-electron chi connectivity index (χ4n) is 2.29. The number of thioether (sulfide) groups is 1. The summed E-state index contributed by atoms with van der Waals surface area (Å²) in [6.45, 7) is 0. The number of carboxylic acids is 1. The average Bonchev–Trinajstić information content (AvgIpc) is 2.89. The number of hydrogen-bond donors (Lipinski definition) is 1. The maximum absolute atomic E-state index is 12.7. The molecule has 1 aliphatic heterocycles. The Kier molecular flexibility index (Phi) is 4.78. The van der Waals surface area contributed by atoms with Crippen molar-refractivity contribution in [3.8, 4) is 0 Å². The minimum absolute atomic E-state index is 0.0833. The molecule has 0 unspecified atom stereocenters. The van der Waals surface area contributed by atoms with Crippen molar-refractivity contribution in [1.82, 2.24) is 0 Å². The Balaban J connectivity index is 1.91. The van der Waals surface area contributed by atoms with Gasteiger partial charge in [0, 0.05) is 5.56 Å². The summed E-state index contributed by atoms with van der Waals surface area (Å²) in [7, 11) is 0. The van der Waals surface area contributed by atoms with Crippen LogP contribution in [0.15, 0.2) is 53.4 Å². The van der Waals surface area contributed by atoms with Crippen molar-refractivity contribution in [1.29, 1.82) is 0 Å². The van der Waals surface area contributed by atoms with E-state index in [-0.39, 0.29) is 11.5 Å². The number of carboxylic acid groups (broad SMARTS) is 1. The fraction of sp³-hybridized carbons (Fsp3) is 0. The second-order valence-corrected chi connectivity index (χ2v) is 6.83. The predicted octanol–water partition coefficient (Wildman–Crippen LogP) is 3.60. The van der Waals surface area contributed by atoms with Crippen LogP contribution in [0.1, 0.15) is 26.3 Å². The van der Waals surface area contributed by atoms with Gasteiger partial charge in [0.25, 0.3) is 5.91 Å². The zero-order valence-corrected chi connectivity index (χ0v) is 14.3. The van der Waals surface area contributed by atoms with Crippen LogP contribution in [0.2, 0.25) is 0 Å². The van der Waals surface area contributed by atoms with Gasteiger partial charge in [-0.05, 0) is 29.8 Å². The predicted molar refractivity (Wildman–Crippen MR) is 101 cm³/mol. The van der Waals surface area contributed by atoms with Crippen LogP contribution in [0.5, 0.6) is 0 Å². The summed E-state index contributed by atoms with van der Waals surface area (Å²) in [5.41, 5.74) is 1.82. The molecule has 7 heteroatoms. The van der Waals surface area contributed by atoms with Crippen LogP contribution in [0, 0.1) is 0 Å². The third kappa shape index (κ3) is 3.52. The number of amides is 1. The second-order valence-electron chi connectivity index (χ2n) is 5.16. The molecule has 1 amide bonds. The SMILES string of the molecule is O=Cc1ccc(/C=C2/SC(=S)N(c3cccc(C(=O)O)c3)C2=O)cc1. The van der Waals surface area contributed by atoms with Crippen LogP contribution < -0.4 is 4.90 Å². The van der Waals surface area contributed by atoms with Crippen molar-refractivity contribution in [2.24, 2.45) is 0 Å².